The van der Waals surface area contributed by atoms with Crippen LogP contribution < -0.4 is 10.2 Å². The van der Waals surface area contributed by atoms with E-state index in [1.807, 2.05) is 31.2 Å². The Morgan fingerprint density at radius 2 is 1.63 bits per heavy atom. The second-order valence-electron chi connectivity index (χ2n) is 8.19. The number of anilines is 1. The van der Waals surface area contributed by atoms with Crippen LogP contribution in [0.15, 0.2) is 77.0 Å². The fraction of sp³-hybridized carbons (Fsp3) is 0.115. The lowest BCUT2D eigenvalue weighted by atomic mass is 9.94. The van der Waals surface area contributed by atoms with E-state index >= 15 is 0 Å². The largest absolute Gasteiger partial charge is 0.334 e. The van der Waals surface area contributed by atoms with E-state index in [-0.39, 0.29) is 11.6 Å². The van der Waals surface area contributed by atoms with Crippen LogP contribution in [0.3, 0.4) is 0 Å². The maximum atomic E-state index is 14.1. The molecule has 1 unspecified atom stereocenters. The molecule has 0 radical (unpaired) electrons. The second kappa shape index (κ2) is 8.75. The van der Waals surface area contributed by atoms with Gasteiger partial charge in [0.05, 0.1) is 17.3 Å². The summed E-state index contributed by atoms with van der Waals surface area (Å²) in [5, 5.41) is 6.84. The van der Waals surface area contributed by atoms with E-state index in [2.05, 4.69) is 15.5 Å². The van der Waals surface area contributed by atoms with E-state index in [0.717, 1.165) is 28.2 Å². The smallest absolute Gasteiger partial charge is 0.327 e. The number of urea groups is 1. The zero-order chi connectivity index (χ0) is 24.7. The van der Waals surface area contributed by atoms with Gasteiger partial charge in [-0.1, -0.05) is 47.1 Å². The van der Waals surface area contributed by atoms with Gasteiger partial charge in [-0.15, -0.1) is 0 Å². The van der Waals surface area contributed by atoms with Gasteiger partial charge in [-0.3, -0.25) is 4.90 Å². The van der Waals surface area contributed by atoms with Crippen LogP contribution in [0.25, 0.3) is 17.0 Å². The fourth-order valence-electron chi connectivity index (χ4n) is 4.09. The Morgan fingerprint density at radius 1 is 0.914 bits per heavy atom. The molecule has 176 valence electrons. The minimum absolute atomic E-state index is 0.0223. The third kappa shape index (κ3) is 4.28. The van der Waals surface area contributed by atoms with Gasteiger partial charge >= 0.3 is 6.03 Å². The van der Waals surface area contributed by atoms with E-state index in [1.165, 1.54) is 18.2 Å². The molecule has 1 atom stereocenters. The van der Waals surface area contributed by atoms with Crippen LogP contribution in [0.2, 0.25) is 0 Å². The quantitative estimate of drug-likeness (QED) is 0.383. The maximum Gasteiger partial charge on any atom is 0.327 e. The maximum absolute atomic E-state index is 14.1. The number of allylic oxidation sites excluding steroid dienone is 1. The van der Waals surface area contributed by atoms with E-state index in [0.29, 0.717) is 28.7 Å². The third-order valence-electron chi connectivity index (χ3n) is 5.74. The van der Waals surface area contributed by atoms with Gasteiger partial charge in [-0.25, -0.2) is 18.0 Å². The number of nitrogens with one attached hydrogen (secondary N) is 1. The van der Waals surface area contributed by atoms with Gasteiger partial charge in [0.2, 0.25) is 5.82 Å². The molecule has 0 saturated heterocycles. The number of hydrogen-bond donors (Lipinski definition) is 1. The summed E-state index contributed by atoms with van der Waals surface area (Å²) in [5.74, 6) is -1.77. The van der Waals surface area contributed by atoms with Gasteiger partial charge in [-0.2, -0.15) is 4.98 Å². The van der Waals surface area contributed by atoms with E-state index in [9.17, 15) is 18.0 Å². The molecule has 0 fully saturated rings. The van der Waals surface area contributed by atoms with Crippen LogP contribution in [0, 0.1) is 24.4 Å². The minimum atomic E-state index is -0.848. The highest BCUT2D eigenvalue weighted by Crippen LogP contribution is 2.39. The van der Waals surface area contributed by atoms with E-state index in [1.54, 1.807) is 13.0 Å². The van der Waals surface area contributed by atoms with Crippen LogP contribution in [-0.4, -0.2) is 16.2 Å². The van der Waals surface area contributed by atoms with Crippen molar-refractivity contribution in [2.45, 2.75) is 19.9 Å². The number of aryl methyl sites for hydroxylation is 1. The fourth-order valence-corrected chi connectivity index (χ4v) is 4.09. The van der Waals surface area contributed by atoms with Gasteiger partial charge in [-0.05, 0) is 43.7 Å². The molecule has 1 aromatic heterocycles. The topological polar surface area (TPSA) is 71.3 Å². The summed E-state index contributed by atoms with van der Waals surface area (Å²) >= 11 is 0. The predicted octanol–water partition coefficient (Wildman–Crippen LogP) is 6.16. The summed E-state index contributed by atoms with van der Waals surface area (Å²) in [6.07, 6.45) is 0. The normalized spacial score (nSPS) is 16.0. The molecule has 35 heavy (non-hydrogen) atoms. The van der Waals surface area contributed by atoms with Crippen LogP contribution in [-0.2, 0) is 0 Å². The minimum Gasteiger partial charge on any atom is -0.334 e. The lowest BCUT2D eigenvalue weighted by Crippen LogP contribution is -2.46. The highest BCUT2D eigenvalue weighted by Gasteiger charge is 2.37. The summed E-state index contributed by atoms with van der Waals surface area (Å²) in [5.41, 5.74) is 2.86. The number of benzene rings is 3. The van der Waals surface area contributed by atoms with Gasteiger partial charge in [0.25, 0.3) is 5.89 Å². The van der Waals surface area contributed by atoms with Crippen molar-refractivity contribution < 1.29 is 22.5 Å². The van der Waals surface area contributed by atoms with Crippen LogP contribution in [0.1, 0.15) is 30.0 Å². The molecule has 0 bridgehead atoms. The molecule has 3 aromatic carbocycles. The number of rotatable bonds is 4. The standard InChI is InChI=1S/C26H19F3N4O2/c1-14-6-8-16(9-7-14)24-31-25(35-32-24)22-15(2)33(21-12-19(28)11-20(29)13-21)26(34)30-23(22)17-4-3-5-18(27)10-17/h3-13,23H,1-2H3,(H,30,34). The molecule has 0 aliphatic carbocycles. The molecule has 0 spiro atoms. The average Bonchev–Trinajstić information content (AvgIpc) is 3.28. The number of carbonyl (C=O) groups excluding carboxylic acids is 1. The predicted molar refractivity (Wildman–Crippen MR) is 124 cm³/mol. The zero-order valence-electron chi connectivity index (χ0n) is 18.7. The summed E-state index contributed by atoms with van der Waals surface area (Å²) in [6.45, 7) is 3.55. The molecule has 2 amide bonds. The number of hydrogen-bond acceptors (Lipinski definition) is 4. The van der Waals surface area contributed by atoms with Crippen molar-refractivity contribution in [3.05, 3.63) is 107 Å². The van der Waals surface area contributed by atoms with Crippen LogP contribution >= 0.6 is 0 Å². The third-order valence-corrected chi connectivity index (χ3v) is 5.74. The van der Waals surface area contributed by atoms with Crippen molar-refractivity contribution in [3.63, 3.8) is 0 Å². The molecule has 1 aliphatic heterocycles. The van der Waals surface area contributed by atoms with E-state index in [4.69, 9.17) is 4.52 Å². The number of nitrogens with zero attached hydrogens (tertiary/aromatic N) is 3. The molecule has 5 rings (SSSR count). The highest BCUT2D eigenvalue weighted by atomic mass is 19.1. The first kappa shape index (κ1) is 22.4. The Morgan fingerprint density at radius 3 is 2.31 bits per heavy atom. The lowest BCUT2D eigenvalue weighted by molar-refractivity contribution is 0.244. The van der Waals surface area contributed by atoms with Crippen LogP contribution in [0.5, 0.6) is 0 Å². The van der Waals surface area contributed by atoms with Crippen LogP contribution in [0.4, 0.5) is 23.7 Å². The molecular formula is C26H19F3N4O2. The Labute approximate surface area is 198 Å². The number of amides is 2. The number of aromatic nitrogens is 2. The monoisotopic (exact) mass is 476 g/mol. The molecule has 0 saturated carbocycles. The van der Waals surface area contributed by atoms with Crippen molar-refractivity contribution in [2.24, 2.45) is 0 Å². The molecule has 1 aliphatic rings. The first-order chi connectivity index (χ1) is 16.8. The summed E-state index contributed by atoms with van der Waals surface area (Å²) < 4.78 is 47.6. The van der Waals surface area contributed by atoms with Gasteiger partial charge < -0.3 is 9.84 Å². The Balaban J connectivity index is 1.67. The first-order valence-corrected chi connectivity index (χ1v) is 10.7. The Bertz CT molecular complexity index is 1440. The van der Waals surface area contributed by atoms with Crippen molar-refractivity contribution in [1.82, 2.24) is 15.5 Å². The first-order valence-electron chi connectivity index (χ1n) is 10.7. The number of halogens is 3. The van der Waals surface area contributed by atoms with E-state index < -0.39 is 29.5 Å². The Hall–Kier alpha value is -4.40. The highest BCUT2D eigenvalue weighted by molar-refractivity contribution is 6.01. The summed E-state index contributed by atoms with van der Waals surface area (Å²) in [6, 6.07) is 14.5. The second-order valence-corrected chi connectivity index (χ2v) is 8.19. The van der Waals surface area contributed by atoms with Gasteiger partial charge in [0.1, 0.15) is 17.5 Å². The Kier molecular flexibility index (Phi) is 5.60. The molecule has 2 heterocycles. The van der Waals surface area contributed by atoms with Crippen molar-refractivity contribution in [3.8, 4) is 11.4 Å². The SMILES string of the molecule is CC1=C(c2nc(-c3ccc(C)cc3)no2)C(c2cccc(F)c2)NC(=O)N1c1cc(F)cc(F)c1. The molecule has 4 aromatic rings. The summed E-state index contributed by atoms with van der Waals surface area (Å²) in [7, 11) is 0. The summed E-state index contributed by atoms with van der Waals surface area (Å²) in [4.78, 5) is 18.7. The van der Waals surface area contributed by atoms with Gasteiger partial charge in [0, 0.05) is 17.3 Å². The molecule has 1 N–H and O–H groups in total. The number of carbonyl (C=O) groups is 1. The zero-order valence-corrected chi connectivity index (χ0v) is 18.7. The van der Waals surface area contributed by atoms with Gasteiger partial charge in [0.15, 0.2) is 0 Å². The van der Waals surface area contributed by atoms with Crippen molar-refractivity contribution >= 4 is 17.3 Å². The van der Waals surface area contributed by atoms with Crippen molar-refractivity contribution in [1.29, 1.82) is 0 Å². The van der Waals surface area contributed by atoms with Crippen molar-refractivity contribution in [2.75, 3.05) is 4.90 Å². The lowest BCUT2D eigenvalue weighted by Gasteiger charge is -2.35. The molecule has 6 nitrogen and oxygen atoms in total. The molecular weight excluding hydrogens is 457 g/mol. The molecule has 9 heteroatoms. The average molecular weight is 476 g/mol.